The molecule has 2 rings (SSSR count). The van der Waals surface area contributed by atoms with Crippen molar-refractivity contribution in [1.29, 1.82) is 0 Å². The van der Waals surface area contributed by atoms with E-state index in [0.29, 0.717) is 6.54 Å². The van der Waals surface area contributed by atoms with Gasteiger partial charge in [0.05, 0.1) is 7.11 Å². The summed E-state index contributed by atoms with van der Waals surface area (Å²) in [6.07, 6.45) is 0.787. The minimum atomic E-state index is -0.213. The lowest BCUT2D eigenvalue weighted by Gasteiger charge is -2.18. The van der Waals surface area contributed by atoms with Crippen LogP contribution >= 0.6 is 0 Å². The number of aryl methyl sites for hydroxylation is 1. The molecule has 1 unspecified atom stereocenters. The molecule has 0 aromatic heterocycles. The first-order valence-corrected chi connectivity index (χ1v) is 6.75. The molecule has 0 spiro atoms. The highest BCUT2D eigenvalue weighted by atomic mass is 19.1. The Kier molecular flexibility index (Phi) is 4.74. The van der Waals surface area contributed by atoms with Crippen LogP contribution in [0.1, 0.15) is 29.0 Å². The lowest BCUT2D eigenvalue weighted by molar-refractivity contribution is 0.411. The zero-order chi connectivity index (χ0) is 14.5. The zero-order valence-corrected chi connectivity index (χ0v) is 11.9. The molecule has 0 amide bonds. The van der Waals surface area contributed by atoms with E-state index >= 15 is 0 Å². The van der Waals surface area contributed by atoms with Crippen LogP contribution in [0.25, 0.3) is 0 Å². The summed E-state index contributed by atoms with van der Waals surface area (Å²) in [5, 5.41) is 0. The van der Waals surface area contributed by atoms with Gasteiger partial charge in [-0.3, -0.25) is 0 Å². The molecule has 0 saturated heterocycles. The summed E-state index contributed by atoms with van der Waals surface area (Å²) in [6, 6.07) is 12.8. The molecule has 0 fully saturated rings. The third-order valence-corrected chi connectivity index (χ3v) is 3.53. The van der Waals surface area contributed by atoms with Crippen molar-refractivity contribution >= 4 is 0 Å². The van der Waals surface area contributed by atoms with Crippen molar-refractivity contribution in [3.63, 3.8) is 0 Å². The van der Waals surface area contributed by atoms with Gasteiger partial charge in [0.2, 0.25) is 0 Å². The van der Waals surface area contributed by atoms with E-state index in [4.69, 9.17) is 10.5 Å². The Hall–Kier alpha value is -1.87. The summed E-state index contributed by atoms with van der Waals surface area (Å²) in [5.41, 5.74) is 8.89. The smallest absolute Gasteiger partial charge is 0.123 e. The summed E-state index contributed by atoms with van der Waals surface area (Å²) in [6.45, 7) is 2.57. The van der Waals surface area contributed by atoms with Crippen LogP contribution in [-0.2, 0) is 0 Å². The van der Waals surface area contributed by atoms with E-state index in [1.165, 1.54) is 6.07 Å². The lowest BCUT2D eigenvalue weighted by atomic mass is 9.87. The van der Waals surface area contributed by atoms with Crippen molar-refractivity contribution in [2.24, 2.45) is 5.73 Å². The Morgan fingerprint density at radius 1 is 1.15 bits per heavy atom. The van der Waals surface area contributed by atoms with Crippen molar-refractivity contribution in [2.75, 3.05) is 13.7 Å². The second-order valence-corrected chi connectivity index (χ2v) is 4.91. The normalized spacial score (nSPS) is 12.2. The van der Waals surface area contributed by atoms with Gasteiger partial charge < -0.3 is 10.5 Å². The van der Waals surface area contributed by atoms with E-state index in [0.717, 1.165) is 28.9 Å². The highest BCUT2D eigenvalue weighted by Crippen LogP contribution is 2.31. The Morgan fingerprint density at radius 2 is 1.90 bits per heavy atom. The average Bonchev–Trinajstić information content (AvgIpc) is 2.44. The average molecular weight is 273 g/mol. The largest absolute Gasteiger partial charge is 0.496 e. The minimum absolute atomic E-state index is 0.111. The quantitative estimate of drug-likeness (QED) is 0.903. The number of ether oxygens (including phenoxy) is 1. The van der Waals surface area contributed by atoms with Crippen molar-refractivity contribution in [2.45, 2.75) is 19.3 Å². The van der Waals surface area contributed by atoms with Gasteiger partial charge in [0.1, 0.15) is 11.6 Å². The van der Waals surface area contributed by atoms with E-state index < -0.39 is 0 Å². The number of rotatable bonds is 5. The maximum atomic E-state index is 13.4. The van der Waals surface area contributed by atoms with Crippen molar-refractivity contribution in [3.05, 3.63) is 65.0 Å². The zero-order valence-electron chi connectivity index (χ0n) is 11.9. The van der Waals surface area contributed by atoms with E-state index in [9.17, 15) is 4.39 Å². The molecule has 2 aromatic carbocycles. The summed E-state index contributed by atoms with van der Waals surface area (Å²) < 4.78 is 18.7. The monoisotopic (exact) mass is 273 g/mol. The Bertz CT molecular complexity index is 583. The molecule has 3 heteroatoms. The molecule has 2 aromatic rings. The highest BCUT2D eigenvalue weighted by molar-refractivity contribution is 5.41. The van der Waals surface area contributed by atoms with Crippen molar-refractivity contribution < 1.29 is 9.13 Å². The van der Waals surface area contributed by atoms with Gasteiger partial charge in [-0.05, 0) is 54.8 Å². The second-order valence-electron chi connectivity index (χ2n) is 4.91. The summed E-state index contributed by atoms with van der Waals surface area (Å²) in [4.78, 5) is 0. The van der Waals surface area contributed by atoms with Gasteiger partial charge in [-0.1, -0.05) is 24.3 Å². The molecule has 106 valence electrons. The predicted octanol–water partition coefficient (Wildman–Crippen LogP) is 3.62. The number of hydrogen-bond acceptors (Lipinski definition) is 2. The summed E-state index contributed by atoms with van der Waals surface area (Å²) >= 11 is 0. The first-order valence-electron chi connectivity index (χ1n) is 6.75. The standard InChI is InChI=1S/C17H20FNO/c1-12-10-14(6-7-17(12)20-2)16(8-9-19)13-4-3-5-15(18)11-13/h3-7,10-11,16H,8-9,19H2,1-2H3. The maximum Gasteiger partial charge on any atom is 0.123 e. The fraction of sp³-hybridized carbons (Fsp3) is 0.294. The van der Waals surface area contributed by atoms with Gasteiger partial charge in [0, 0.05) is 5.92 Å². The number of hydrogen-bond donors (Lipinski definition) is 1. The van der Waals surface area contributed by atoms with Gasteiger partial charge in [-0.25, -0.2) is 4.39 Å². The lowest BCUT2D eigenvalue weighted by Crippen LogP contribution is -2.09. The first-order chi connectivity index (χ1) is 9.65. The SMILES string of the molecule is COc1ccc(C(CCN)c2cccc(F)c2)cc1C. The highest BCUT2D eigenvalue weighted by Gasteiger charge is 2.15. The van der Waals surface area contributed by atoms with Crippen LogP contribution in [0.5, 0.6) is 5.75 Å². The van der Waals surface area contributed by atoms with Crippen LogP contribution in [0, 0.1) is 12.7 Å². The van der Waals surface area contributed by atoms with Gasteiger partial charge in [-0.15, -0.1) is 0 Å². The molecule has 0 bridgehead atoms. The van der Waals surface area contributed by atoms with Gasteiger partial charge in [-0.2, -0.15) is 0 Å². The molecule has 0 aliphatic heterocycles. The number of benzene rings is 2. The van der Waals surface area contributed by atoms with Crippen LogP contribution in [0.2, 0.25) is 0 Å². The van der Waals surface area contributed by atoms with Crippen LogP contribution < -0.4 is 10.5 Å². The minimum Gasteiger partial charge on any atom is -0.496 e. The Balaban J connectivity index is 2.40. The molecule has 1 atom stereocenters. The molecule has 20 heavy (non-hydrogen) atoms. The molecule has 2 N–H and O–H groups in total. The van der Waals surface area contributed by atoms with E-state index in [1.807, 2.05) is 25.1 Å². The topological polar surface area (TPSA) is 35.2 Å². The number of halogens is 1. The van der Waals surface area contributed by atoms with Gasteiger partial charge in [0.15, 0.2) is 0 Å². The van der Waals surface area contributed by atoms with E-state index in [-0.39, 0.29) is 11.7 Å². The molecule has 0 radical (unpaired) electrons. The number of nitrogens with two attached hydrogens (primary N) is 1. The van der Waals surface area contributed by atoms with Crippen LogP contribution in [0.3, 0.4) is 0 Å². The molecular formula is C17H20FNO. The predicted molar refractivity (Wildman–Crippen MR) is 79.6 cm³/mol. The molecule has 0 heterocycles. The van der Waals surface area contributed by atoms with Crippen LogP contribution in [-0.4, -0.2) is 13.7 Å². The fourth-order valence-electron chi connectivity index (χ4n) is 2.53. The third-order valence-electron chi connectivity index (χ3n) is 3.53. The first kappa shape index (κ1) is 14.5. The van der Waals surface area contributed by atoms with Gasteiger partial charge >= 0.3 is 0 Å². The third kappa shape index (κ3) is 3.17. The second kappa shape index (κ2) is 6.53. The van der Waals surface area contributed by atoms with E-state index in [2.05, 4.69) is 6.07 Å². The fourth-order valence-corrected chi connectivity index (χ4v) is 2.53. The molecule has 0 aliphatic rings. The number of methoxy groups -OCH3 is 1. The van der Waals surface area contributed by atoms with Crippen LogP contribution in [0.15, 0.2) is 42.5 Å². The van der Waals surface area contributed by atoms with Gasteiger partial charge in [0.25, 0.3) is 0 Å². The van der Waals surface area contributed by atoms with E-state index in [1.54, 1.807) is 19.2 Å². The molecular weight excluding hydrogens is 253 g/mol. The van der Waals surface area contributed by atoms with Crippen molar-refractivity contribution in [3.8, 4) is 5.75 Å². The summed E-state index contributed by atoms with van der Waals surface area (Å²) in [7, 11) is 1.66. The molecule has 2 nitrogen and oxygen atoms in total. The Labute approximate surface area is 119 Å². The maximum absolute atomic E-state index is 13.4. The molecule has 0 aliphatic carbocycles. The van der Waals surface area contributed by atoms with Crippen molar-refractivity contribution in [1.82, 2.24) is 0 Å². The Morgan fingerprint density at radius 3 is 2.50 bits per heavy atom. The summed E-state index contributed by atoms with van der Waals surface area (Å²) in [5.74, 6) is 0.759. The molecule has 0 saturated carbocycles. The van der Waals surface area contributed by atoms with Crippen LogP contribution in [0.4, 0.5) is 4.39 Å².